The van der Waals surface area contributed by atoms with Gasteiger partial charge >= 0.3 is 0 Å². The Bertz CT molecular complexity index is 535. The number of rotatable bonds is 5. The maximum absolute atomic E-state index is 13.3. The molecule has 0 radical (unpaired) electrons. The first-order valence-electron chi connectivity index (χ1n) is 9.05. The molecule has 5 heteroatoms. The quantitative estimate of drug-likeness (QED) is 0.899. The predicted molar refractivity (Wildman–Crippen MR) is 91.4 cm³/mol. The van der Waals surface area contributed by atoms with Crippen LogP contribution in [0.1, 0.15) is 37.7 Å². The summed E-state index contributed by atoms with van der Waals surface area (Å²) >= 11 is 0. The molecule has 0 atom stereocenters. The Balaban J connectivity index is 1.64. The summed E-state index contributed by atoms with van der Waals surface area (Å²) in [6.07, 6.45) is 5.12. The van der Waals surface area contributed by atoms with Crippen molar-refractivity contribution in [3.63, 3.8) is 0 Å². The number of ether oxygens (including phenoxy) is 1. The molecule has 1 aromatic rings. The number of nitrogens with zero attached hydrogens (tertiary/aromatic N) is 1. The van der Waals surface area contributed by atoms with Crippen LogP contribution in [0.3, 0.4) is 0 Å². The maximum atomic E-state index is 13.3. The van der Waals surface area contributed by atoms with Crippen molar-refractivity contribution in [1.29, 1.82) is 0 Å². The second-order valence-corrected chi connectivity index (χ2v) is 6.86. The number of piperidine rings is 1. The van der Waals surface area contributed by atoms with Gasteiger partial charge in [0.1, 0.15) is 5.82 Å². The molecule has 4 nitrogen and oxygen atoms in total. The highest BCUT2D eigenvalue weighted by Crippen LogP contribution is 2.35. The van der Waals surface area contributed by atoms with Gasteiger partial charge in [0.15, 0.2) is 0 Å². The molecule has 0 aromatic heterocycles. The van der Waals surface area contributed by atoms with Gasteiger partial charge in [0.2, 0.25) is 5.91 Å². The zero-order valence-corrected chi connectivity index (χ0v) is 14.2. The Morgan fingerprint density at radius 3 is 2.46 bits per heavy atom. The Labute approximate surface area is 143 Å². The van der Waals surface area contributed by atoms with Crippen LogP contribution in [0.15, 0.2) is 24.3 Å². The van der Waals surface area contributed by atoms with Crippen LogP contribution in [-0.4, -0.2) is 50.2 Å². The highest BCUT2D eigenvalue weighted by molar-refractivity contribution is 5.88. The van der Waals surface area contributed by atoms with Gasteiger partial charge in [-0.05, 0) is 56.5 Å². The van der Waals surface area contributed by atoms with Gasteiger partial charge in [-0.15, -0.1) is 0 Å². The number of halogens is 1. The predicted octanol–water partition coefficient (Wildman–Crippen LogP) is 2.48. The second-order valence-electron chi connectivity index (χ2n) is 6.86. The third-order valence-electron chi connectivity index (χ3n) is 5.34. The van der Waals surface area contributed by atoms with Gasteiger partial charge < -0.3 is 15.0 Å². The fraction of sp³-hybridized carbons (Fsp3) is 0.632. The highest BCUT2D eigenvalue weighted by Gasteiger charge is 2.41. The Hall–Kier alpha value is -1.46. The van der Waals surface area contributed by atoms with Crippen molar-refractivity contribution in [2.45, 2.75) is 37.5 Å². The monoisotopic (exact) mass is 334 g/mol. The van der Waals surface area contributed by atoms with Crippen molar-refractivity contribution in [1.82, 2.24) is 10.2 Å². The molecule has 1 N–H and O–H groups in total. The number of carbonyl (C=O) groups is 1. The van der Waals surface area contributed by atoms with Crippen LogP contribution in [0.25, 0.3) is 0 Å². The van der Waals surface area contributed by atoms with Crippen LogP contribution in [0.4, 0.5) is 4.39 Å². The molecule has 3 rings (SSSR count). The van der Waals surface area contributed by atoms with Crippen molar-refractivity contribution >= 4 is 5.91 Å². The molecule has 2 fully saturated rings. The van der Waals surface area contributed by atoms with E-state index in [2.05, 4.69) is 10.2 Å². The second kappa shape index (κ2) is 8.08. The fourth-order valence-electron chi connectivity index (χ4n) is 3.82. The fourth-order valence-corrected chi connectivity index (χ4v) is 3.82. The number of likely N-dealkylation sites (tertiary alicyclic amines) is 1. The number of benzene rings is 1. The Kier molecular flexibility index (Phi) is 5.85. The van der Waals surface area contributed by atoms with Crippen molar-refractivity contribution < 1.29 is 13.9 Å². The van der Waals surface area contributed by atoms with E-state index in [1.807, 2.05) is 0 Å². The van der Waals surface area contributed by atoms with Gasteiger partial charge in [0.25, 0.3) is 0 Å². The van der Waals surface area contributed by atoms with Crippen LogP contribution in [0.2, 0.25) is 0 Å². The lowest BCUT2D eigenvalue weighted by Gasteiger charge is -2.36. The van der Waals surface area contributed by atoms with Gasteiger partial charge in [0.05, 0.1) is 5.41 Å². The molecule has 0 spiro atoms. The van der Waals surface area contributed by atoms with Crippen molar-refractivity contribution in [3.05, 3.63) is 35.6 Å². The zero-order valence-electron chi connectivity index (χ0n) is 14.2. The SMILES string of the molecule is O=C(NCCN1CCCCC1)C1(c2ccc(F)cc2)CCOCC1. The lowest BCUT2D eigenvalue weighted by Crippen LogP contribution is -2.49. The van der Waals surface area contributed by atoms with Crippen LogP contribution >= 0.6 is 0 Å². The summed E-state index contributed by atoms with van der Waals surface area (Å²) in [5.41, 5.74) is 0.302. The van der Waals surface area contributed by atoms with Crippen LogP contribution in [0.5, 0.6) is 0 Å². The number of hydrogen-bond donors (Lipinski definition) is 1. The molecule has 1 aromatic carbocycles. The van der Waals surface area contributed by atoms with Crippen molar-refractivity contribution in [2.24, 2.45) is 0 Å². The Morgan fingerprint density at radius 2 is 1.79 bits per heavy atom. The van der Waals surface area contributed by atoms with E-state index in [1.165, 1.54) is 31.4 Å². The van der Waals surface area contributed by atoms with E-state index in [-0.39, 0.29) is 11.7 Å². The van der Waals surface area contributed by atoms with E-state index in [0.29, 0.717) is 32.6 Å². The van der Waals surface area contributed by atoms with E-state index in [0.717, 1.165) is 25.2 Å². The lowest BCUT2D eigenvalue weighted by atomic mass is 9.73. The maximum Gasteiger partial charge on any atom is 0.230 e. The summed E-state index contributed by atoms with van der Waals surface area (Å²) in [5.74, 6) is -0.221. The topological polar surface area (TPSA) is 41.6 Å². The van der Waals surface area contributed by atoms with Gasteiger partial charge in [-0.2, -0.15) is 0 Å². The zero-order chi connectivity index (χ0) is 16.8. The number of carbonyl (C=O) groups excluding carboxylic acids is 1. The first-order valence-corrected chi connectivity index (χ1v) is 9.05. The summed E-state index contributed by atoms with van der Waals surface area (Å²) in [6, 6.07) is 6.36. The molecular formula is C19H27FN2O2. The Morgan fingerprint density at radius 1 is 1.12 bits per heavy atom. The average molecular weight is 334 g/mol. The van der Waals surface area contributed by atoms with Crippen LogP contribution < -0.4 is 5.32 Å². The molecule has 2 aliphatic heterocycles. The van der Waals surface area contributed by atoms with Crippen molar-refractivity contribution in [2.75, 3.05) is 39.4 Å². The van der Waals surface area contributed by atoms with E-state index in [4.69, 9.17) is 4.74 Å². The molecule has 2 heterocycles. The van der Waals surface area contributed by atoms with Gasteiger partial charge in [-0.3, -0.25) is 4.79 Å². The van der Waals surface area contributed by atoms with E-state index in [9.17, 15) is 9.18 Å². The molecule has 0 unspecified atom stereocenters. The first kappa shape index (κ1) is 17.4. The van der Waals surface area contributed by atoms with E-state index < -0.39 is 5.41 Å². The summed E-state index contributed by atoms with van der Waals surface area (Å²) in [6.45, 7) is 4.97. The molecule has 132 valence electrons. The minimum atomic E-state index is -0.589. The molecule has 0 saturated carbocycles. The average Bonchev–Trinajstić information content (AvgIpc) is 2.63. The smallest absolute Gasteiger partial charge is 0.230 e. The van der Waals surface area contributed by atoms with Gasteiger partial charge in [-0.1, -0.05) is 18.6 Å². The summed E-state index contributed by atoms with van der Waals surface area (Å²) in [7, 11) is 0. The minimum Gasteiger partial charge on any atom is -0.381 e. The van der Waals surface area contributed by atoms with Crippen LogP contribution in [0, 0.1) is 5.82 Å². The summed E-state index contributed by atoms with van der Waals surface area (Å²) < 4.78 is 18.7. The van der Waals surface area contributed by atoms with E-state index >= 15 is 0 Å². The number of nitrogens with one attached hydrogen (secondary N) is 1. The molecule has 2 saturated heterocycles. The van der Waals surface area contributed by atoms with Gasteiger partial charge in [0, 0.05) is 26.3 Å². The molecular weight excluding hydrogens is 307 g/mol. The molecule has 1 amide bonds. The number of hydrogen-bond acceptors (Lipinski definition) is 3. The normalized spacial score (nSPS) is 21.4. The van der Waals surface area contributed by atoms with Crippen LogP contribution in [-0.2, 0) is 14.9 Å². The third kappa shape index (κ3) is 3.95. The molecule has 24 heavy (non-hydrogen) atoms. The number of amides is 1. The minimum absolute atomic E-state index is 0.0504. The molecule has 0 aliphatic carbocycles. The van der Waals surface area contributed by atoms with E-state index in [1.54, 1.807) is 12.1 Å². The van der Waals surface area contributed by atoms with Gasteiger partial charge in [-0.25, -0.2) is 4.39 Å². The molecule has 2 aliphatic rings. The third-order valence-corrected chi connectivity index (χ3v) is 5.34. The molecule has 0 bridgehead atoms. The first-order chi connectivity index (χ1) is 11.7. The van der Waals surface area contributed by atoms with Crippen molar-refractivity contribution in [3.8, 4) is 0 Å². The largest absolute Gasteiger partial charge is 0.381 e. The summed E-state index contributed by atoms with van der Waals surface area (Å²) in [4.78, 5) is 15.4. The summed E-state index contributed by atoms with van der Waals surface area (Å²) in [5, 5.41) is 3.12. The standard InChI is InChI=1S/C19H27FN2O2/c20-17-6-4-16(5-7-17)19(8-14-24-15-9-19)18(23)21-10-13-22-11-2-1-3-12-22/h4-7H,1-3,8-15H2,(H,21,23). The lowest BCUT2D eigenvalue weighted by molar-refractivity contribution is -0.130. The highest BCUT2D eigenvalue weighted by atomic mass is 19.1.